The zero-order valence-electron chi connectivity index (χ0n) is 15.5. The molecule has 2 atom stereocenters. The first-order chi connectivity index (χ1) is 12.4. The highest BCUT2D eigenvalue weighted by Gasteiger charge is 2.32. The Bertz CT molecular complexity index is 783. The third-order valence-corrected chi connectivity index (χ3v) is 5.46. The van der Waals surface area contributed by atoms with Crippen molar-refractivity contribution >= 4 is 17.6 Å². The lowest BCUT2D eigenvalue weighted by Gasteiger charge is -2.28. The Morgan fingerprint density at radius 3 is 2.65 bits per heavy atom. The topological polar surface area (TPSA) is 70.1 Å². The summed E-state index contributed by atoms with van der Waals surface area (Å²) in [5.74, 6) is 6.14. The molecule has 1 aromatic heterocycles. The predicted molar refractivity (Wildman–Crippen MR) is 102 cm³/mol. The Labute approximate surface area is 159 Å². The summed E-state index contributed by atoms with van der Waals surface area (Å²) >= 11 is 6.05. The molecule has 0 aliphatic heterocycles. The molecule has 6 heteroatoms. The molecule has 0 radical (unpaired) electrons. The highest BCUT2D eigenvalue weighted by atomic mass is 35.5. The number of carbonyl (C=O) groups excluding carboxylic acids is 1. The smallest absolute Gasteiger partial charge is 0.325 e. The van der Waals surface area contributed by atoms with Crippen molar-refractivity contribution in [1.29, 1.82) is 0 Å². The molecule has 140 valence electrons. The van der Waals surface area contributed by atoms with Gasteiger partial charge in [0.2, 0.25) is 0 Å². The van der Waals surface area contributed by atoms with Gasteiger partial charge in [0.25, 0.3) is 0 Å². The predicted octanol–water partition coefficient (Wildman–Crippen LogP) is 4.50. The molecule has 1 aromatic carbocycles. The van der Waals surface area contributed by atoms with Gasteiger partial charge in [-0.1, -0.05) is 37.6 Å². The van der Waals surface area contributed by atoms with Crippen molar-refractivity contribution in [3.8, 4) is 0 Å². The van der Waals surface area contributed by atoms with Crippen molar-refractivity contribution in [2.24, 2.45) is 5.90 Å². The van der Waals surface area contributed by atoms with E-state index < -0.39 is 0 Å². The second-order valence-corrected chi connectivity index (χ2v) is 7.77. The molecule has 2 N–H and O–H groups in total. The molecule has 0 amide bonds. The van der Waals surface area contributed by atoms with Crippen LogP contribution in [0, 0.1) is 0 Å². The highest BCUT2D eigenvalue weighted by Crippen LogP contribution is 2.39. The number of nitrogens with zero attached hydrogens (tertiary/aromatic N) is 2. The summed E-state index contributed by atoms with van der Waals surface area (Å²) in [6, 6.07) is 8.03. The molecule has 1 unspecified atom stereocenters. The van der Waals surface area contributed by atoms with Gasteiger partial charge in [-0.05, 0) is 43.9 Å². The van der Waals surface area contributed by atoms with E-state index in [0.717, 1.165) is 41.5 Å². The van der Waals surface area contributed by atoms with Crippen LogP contribution in [0.4, 0.5) is 0 Å². The van der Waals surface area contributed by atoms with Gasteiger partial charge in [-0.3, -0.25) is 4.79 Å². The summed E-state index contributed by atoms with van der Waals surface area (Å²) in [6.07, 6.45) is 3.21. The molecule has 5 nitrogen and oxygen atoms in total. The molecule has 1 aliphatic rings. The SMILES string of the molecule is CC(C)c1nc2c(n1[C@H](C)c1ccc(Cl)cc1)C(CC(=O)ON)CCC2. The fraction of sp³-hybridized carbons (Fsp3) is 0.500. The first kappa shape index (κ1) is 18.9. The van der Waals surface area contributed by atoms with Crippen LogP contribution < -0.4 is 5.90 Å². The minimum absolute atomic E-state index is 0.0875. The Balaban J connectivity index is 2.09. The van der Waals surface area contributed by atoms with E-state index in [0.29, 0.717) is 6.42 Å². The third-order valence-electron chi connectivity index (χ3n) is 5.21. The first-order valence-corrected chi connectivity index (χ1v) is 9.56. The average Bonchev–Trinajstić information content (AvgIpc) is 3.02. The van der Waals surface area contributed by atoms with Crippen LogP contribution in [0.25, 0.3) is 0 Å². The van der Waals surface area contributed by atoms with Gasteiger partial charge in [-0.15, -0.1) is 0 Å². The molecule has 0 fully saturated rings. The second-order valence-electron chi connectivity index (χ2n) is 7.34. The van der Waals surface area contributed by atoms with Crippen molar-refractivity contribution < 1.29 is 9.63 Å². The fourth-order valence-electron chi connectivity index (χ4n) is 3.93. The van der Waals surface area contributed by atoms with Crippen molar-refractivity contribution in [3.63, 3.8) is 0 Å². The van der Waals surface area contributed by atoms with Crippen LogP contribution in [0.15, 0.2) is 24.3 Å². The van der Waals surface area contributed by atoms with E-state index in [-0.39, 0.29) is 23.8 Å². The minimum atomic E-state index is -0.374. The molecule has 3 rings (SSSR count). The van der Waals surface area contributed by atoms with Crippen molar-refractivity contribution in [3.05, 3.63) is 52.1 Å². The minimum Gasteiger partial charge on any atom is -0.373 e. The second kappa shape index (κ2) is 7.80. The number of hydrogen-bond acceptors (Lipinski definition) is 4. The molecule has 0 saturated carbocycles. The van der Waals surface area contributed by atoms with Gasteiger partial charge >= 0.3 is 5.97 Å². The van der Waals surface area contributed by atoms with Crippen molar-refractivity contribution in [2.75, 3.05) is 0 Å². The summed E-state index contributed by atoms with van der Waals surface area (Å²) in [5, 5.41) is 0.723. The summed E-state index contributed by atoms with van der Waals surface area (Å²) in [6.45, 7) is 6.48. The van der Waals surface area contributed by atoms with Crippen molar-refractivity contribution in [1.82, 2.24) is 9.55 Å². The van der Waals surface area contributed by atoms with Crippen LogP contribution in [-0.4, -0.2) is 15.5 Å². The van der Waals surface area contributed by atoms with E-state index in [2.05, 4.69) is 42.3 Å². The number of carbonyl (C=O) groups is 1. The number of fused-ring (bicyclic) bond motifs is 1. The van der Waals surface area contributed by atoms with Gasteiger partial charge in [0.1, 0.15) is 5.82 Å². The lowest BCUT2D eigenvalue weighted by Crippen LogP contribution is -2.22. The lowest BCUT2D eigenvalue weighted by molar-refractivity contribution is -0.144. The maximum atomic E-state index is 11.8. The van der Waals surface area contributed by atoms with E-state index >= 15 is 0 Å². The number of imidazole rings is 1. The van der Waals surface area contributed by atoms with Gasteiger partial charge in [0.05, 0.1) is 18.2 Å². The van der Waals surface area contributed by atoms with E-state index in [1.807, 2.05) is 12.1 Å². The van der Waals surface area contributed by atoms with Crippen LogP contribution >= 0.6 is 11.6 Å². The van der Waals surface area contributed by atoms with E-state index in [1.165, 1.54) is 5.56 Å². The monoisotopic (exact) mass is 375 g/mol. The van der Waals surface area contributed by atoms with Gasteiger partial charge in [-0.2, -0.15) is 5.90 Å². The zero-order chi connectivity index (χ0) is 18.8. The molecule has 1 heterocycles. The number of aromatic nitrogens is 2. The number of halogens is 1. The zero-order valence-corrected chi connectivity index (χ0v) is 16.3. The normalized spacial score (nSPS) is 17.8. The lowest BCUT2D eigenvalue weighted by atomic mass is 9.87. The summed E-state index contributed by atoms with van der Waals surface area (Å²) in [5.41, 5.74) is 3.44. The van der Waals surface area contributed by atoms with Crippen LogP contribution in [0.3, 0.4) is 0 Å². The van der Waals surface area contributed by atoms with Crippen molar-refractivity contribution in [2.45, 2.75) is 64.3 Å². The Morgan fingerprint density at radius 2 is 2.04 bits per heavy atom. The number of hydrogen-bond donors (Lipinski definition) is 1. The Hall–Kier alpha value is -1.85. The number of rotatable bonds is 5. The average molecular weight is 376 g/mol. The fourth-order valence-corrected chi connectivity index (χ4v) is 4.06. The standard InChI is InChI=1S/C20H26ClN3O2/c1-12(2)20-23-17-6-4-5-15(11-18(25)26-22)19(17)24(20)13(3)14-7-9-16(21)10-8-14/h7-10,12-13,15H,4-6,11,22H2,1-3H3/t13-,15?/m1/s1. The summed E-state index contributed by atoms with van der Waals surface area (Å²) in [4.78, 5) is 21.2. The van der Waals surface area contributed by atoms with E-state index in [4.69, 9.17) is 22.5 Å². The van der Waals surface area contributed by atoms with Gasteiger partial charge in [0, 0.05) is 22.6 Å². The molecular weight excluding hydrogens is 350 g/mol. The molecule has 0 saturated heterocycles. The molecule has 0 spiro atoms. The Morgan fingerprint density at radius 1 is 1.35 bits per heavy atom. The Kier molecular flexibility index (Phi) is 5.68. The van der Waals surface area contributed by atoms with E-state index in [9.17, 15) is 4.79 Å². The van der Waals surface area contributed by atoms with Crippen LogP contribution in [0.2, 0.25) is 5.02 Å². The molecule has 0 bridgehead atoms. The van der Waals surface area contributed by atoms with Crippen LogP contribution in [0.1, 0.15) is 80.7 Å². The highest BCUT2D eigenvalue weighted by molar-refractivity contribution is 6.30. The molecule has 26 heavy (non-hydrogen) atoms. The number of aryl methyl sites for hydroxylation is 1. The maximum absolute atomic E-state index is 11.8. The maximum Gasteiger partial charge on any atom is 0.325 e. The molecule has 1 aliphatic carbocycles. The number of benzene rings is 1. The van der Waals surface area contributed by atoms with E-state index in [1.54, 1.807) is 0 Å². The summed E-state index contributed by atoms with van der Waals surface area (Å²) < 4.78 is 2.32. The van der Waals surface area contributed by atoms with Gasteiger partial charge in [0.15, 0.2) is 0 Å². The van der Waals surface area contributed by atoms with Gasteiger partial charge in [-0.25, -0.2) is 4.98 Å². The van der Waals surface area contributed by atoms with Crippen LogP contribution in [0.5, 0.6) is 0 Å². The van der Waals surface area contributed by atoms with Gasteiger partial charge < -0.3 is 9.40 Å². The summed E-state index contributed by atoms with van der Waals surface area (Å²) in [7, 11) is 0. The number of nitrogens with two attached hydrogens (primary N) is 1. The quantitative estimate of drug-likeness (QED) is 0.781. The van der Waals surface area contributed by atoms with Crippen LogP contribution in [-0.2, 0) is 16.1 Å². The largest absolute Gasteiger partial charge is 0.373 e. The first-order valence-electron chi connectivity index (χ1n) is 9.18. The third kappa shape index (κ3) is 3.64. The molecule has 2 aromatic rings. The molecular formula is C20H26ClN3O2.